The Morgan fingerprint density at radius 1 is 1.22 bits per heavy atom. The highest BCUT2D eigenvalue weighted by Crippen LogP contribution is 2.37. The third kappa shape index (κ3) is 3.33. The molecule has 4 heterocycles. The summed E-state index contributed by atoms with van der Waals surface area (Å²) < 4.78 is 0.834. The van der Waals surface area contributed by atoms with Gasteiger partial charge in [0.2, 0.25) is 0 Å². The number of urea groups is 1. The zero-order valence-corrected chi connectivity index (χ0v) is 16.5. The van der Waals surface area contributed by atoms with Gasteiger partial charge in [-0.3, -0.25) is 9.88 Å². The van der Waals surface area contributed by atoms with E-state index >= 15 is 0 Å². The molecule has 0 aliphatic carbocycles. The fraction of sp³-hybridized carbons (Fsp3) is 0.188. The molecule has 0 saturated carbocycles. The van der Waals surface area contributed by atoms with Crippen molar-refractivity contribution in [2.75, 3.05) is 35.3 Å². The summed E-state index contributed by atoms with van der Waals surface area (Å²) in [6, 6.07) is 1.33. The first-order chi connectivity index (χ1) is 13.0. The fourth-order valence-corrected chi connectivity index (χ4v) is 3.71. The molecule has 11 heteroatoms. The normalized spacial score (nSPS) is 13.4. The van der Waals surface area contributed by atoms with Gasteiger partial charge in [0.15, 0.2) is 5.82 Å². The molecule has 4 rings (SSSR count). The average molecular weight is 450 g/mol. The molecule has 0 saturated heterocycles. The lowest BCUT2D eigenvalue weighted by Crippen LogP contribution is -2.44. The zero-order valence-electron chi connectivity index (χ0n) is 14.2. The second-order valence-corrected chi connectivity index (χ2v) is 7.10. The highest BCUT2D eigenvalue weighted by molar-refractivity contribution is 9.10. The number of halogens is 2. The predicted molar refractivity (Wildman–Crippen MR) is 106 cm³/mol. The number of nitrogens with zero attached hydrogens (tertiary/aromatic N) is 7. The minimum absolute atomic E-state index is 0.285. The Labute approximate surface area is 168 Å². The van der Waals surface area contributed by atoms with Crippen molar-refractivity contribution in [3.8, 4) is 5.82 Å². The molecule has 3 aromatic heterocycles. The number of hydrogen-bond acceptors (Lipinski definition) is 6. The van der Waals surface area contributed by atoms with E-state index in [1.807, 2.05) is 7.05 Å². The first-order valence-electron chi connectivity index (χ1n) is 8.00. The van der Waals surface area contributed by atoms with Crippen molar-refractivity contribution < 1.29 is 4.79 Å². The quantitative estimate of drug-likeness (QED) is 0.647. The highest BCUT2D eigenvalue weighted by Gasteiger charge is 2.27. The van der Waals surface area contributed by atoms with Gasteiger partial charge in [0.05, 0.1) is 51.3 Å². The van der Waals surface area contributed by atoms with Gasteiger partial charge in [0.25, 0.3) is 0 Å². The number of carbonyl (C=O) groups excluding carboxylic acids is 1. The van der Waals surface area contributed by atoms with Crippen molar-refractivity contribution >= 4 is 50.6 Å². The van der Waals surface area contributed by atoms with Crippen molar-refractivity contribution in [3.63, 3.8) is 0 Å². The molecular formula is C16H14BrClN8O. The summed E-state index contributed by atoms with van der Waals surface area (Å²) in [6.07, 6.45) is 7.96. The summed E-state index contributed by atoms with van der Waals surface area (Å²) in [5.41, 5.74) is 2.12. The number of rotatable bonds is 2. The lowest BCUT2D eigenvalue weighted by atomic mass is 10.2. The molecule has 2 amide bonds. The predicted octanol–water partition coefficient (Wildman–Crippen LogP) is 2.96. The molecule has 0 unspecified atom stereocenters. The van der Waals surface area contributed by atoms with Gasteiger partial charge in [0.1, 0.15) is 0 Å². The van der Waals surface area contributed by atoms with E-state index in [9.17, 15) is 4.79 Å². The molecule has 3 aromatic rings. The van der Waals surface area contributed by atoms with Gasteiger partial charge >= 0.3 is 6.03 Å². The van der Waals surface area contributed by atoms with Crippen LogP contribution >= 0.6 is 27.5 Å². The van der Waals surface area contributed by atoms with Crippen LogP contribution in [-0.2, 0) is 0 Å². The van der Waals surface area contributed by atoms with Crippen LogP contribution in [0.4, 0.5) is 21.9 Å². The fourth-order valence-electron chi connectivity index (χ4n) is 2.85. The van der Waals surface area contributed by atoms with Crippen LogP contribution in [0.2, 0.25) is 5.02 Å². The van der Waals surface area contributed by atoms with E-state index in [1.54, 1.807) is 23.4 Å². The third-order valence-corrected chi connectivity index (χ3v) is 4.97. The van der Waals surface area contributed by atoms with Gasteiger partial charge in [-0.2, -0.15) is 10.2 Å². The molecule has 9 nitrogen and oxygen atoms in total. The van der Waals surface area contributed by atoms with Crippen LogP contribution in [0.5, 0.6) is 0 Å². The van der Waals surface area contributed by atoms with Crippen molar-refractivity contribution in [3.05, 3.63) is 46.5 Å². The molecule has 1 N–H and O–H groups in total. The van der Waals surface area contributed by atoms with Crippen LogP contribution in [0.3, 0.4) is 0 Å². The molecule has 1 aliphatic heterocycles. The van der Waals surface area contributed by atoms with E-state index in [0.717, 1.165) is 15.8 Å². The van der Waals surface area contributed by atoms with Gasteiger partial charge in [-0.25, -0.2) is 9.78 Å². The number of fused-ring (bicyclic) bond motifs is 1. The number of aromatic nitrogens is 5. The molecule has 0 radical (unpaired) electrons. The van der Waals surface area contributed by atoms with E-state index in [-0.39, 0.29) is 6.03 Å². The molecule has 0 bridgehead atoms. The van der Waals surface area contributed by atoms with E-state index in [0.29, 0.717) is 29.6 Å². The smallest absolute Gasteiger partial charge is 0.326 e. The largest absolute Gasteiger partial charge is 0.370 e. The van der Waals surface area contributed by atoms with Gasteiger partial charge in [-0.05, 0) is 22.0 Å². The first kappa shape index (κ1) is 17.7. The summed E-state index contributed by atoms with van der Waals surface area (Å²) in [5.74, 6) is 0.387. The van der Waals surface area contributed by atoms with E-state index in [4.69, 9.17) is 11.6 Å². The van der Waals surface area contributed by atoms with Crippen molar-refractivity contribution in [1.82, 2.24) is 25.0 Å². The maximum Gasteiger partial charge on any atom is 0.326 e. The van der Waals surface area contributed by atoms with Gasteiger partial charge in [0, 0.05) is 26.3 Å². The molecule has 27 heavy (non-hydrogen) atoms. The maximum absolute atomic E-state index is 12.8. The maximum atomic E-state index is 12.8. The molecule has 0 spiro atoms. The number of anilines is 3. The number of amides is 2. The van der Waals surface area contributed by atoms with Crippen LogP contribution in [0.15, 0.2) is 41.5 Å². The molecule has 0 atom stereocenters. The molecule has 1 aliphatic rings. The average Bonchev–Trinajstić information content (AvgIpc) is 3.16. The summed E-state index contributed by atoms with van der Waals surface area (Å²) >= 11 is 9.76. The van der Waals surface area contributed by atoms with Crippen molar-refractivity contribution in [2.45, 2.75) is 0 Å². The molecule has 0 fully saturated rings. The van der Waals surface area contributed by atoms with Gasteiger partial charge in [-0.1, -0.05) is 11.6 Å². The van der Waals surface area contributed by atoms with E-state index < -0.39 is 0 Å². The first-order valence-corrected chi connectivity index (χ1v) is 9.17. The van der Waals surface area contributed by atoms with Crippen LogP contribution < -0.4 is 15.1 Å². The second-order valence-electron chi connectivity index (χ2n) is 5.84. The standard InChI is InChI=1S/C16H14BrClN8O/c1-24-4-5-25(13-9-19-8-11(17)14(13)24)16(27)23-10-6-12(18)15(20-7-10)26-21-2-3-22-26/h2-3,6-9H,4-5H2,1H3,(H,23,27). The minimum atomic E-state index is -0.285. The van der Waals surface area contributed by atoms with Crippen LogP contribution in [0.25, 0.3) is 5.82 Å². The lowest BCUT2D eigenvalue weighted by molar-refractivity contribution is 0.257. The summed E-state index contributed by atoms with van der Waals surface area (Å²) in [6.45, 7) is 1.23. The van der Waals surface area contributed by atoms with Crippen molar-refractivity contribution in [2.24, 2.45) is 0 Å². The Kier molecular flexibility index (Phi) is 4.66. The Balaban J connectivity index is 1.58. The van der Waals surface area contributed by atoms with Gasteiger partial charge in [-0.15, -0.1) is 4.80 Å². The number of likely N-dealkylation sites (N-methyl/N-ethyl adjacent to an activating group) is 1. The topological polar surface area (TPSA) is 92.1 Å². The zero-order chi connectivity index (χ0) is 19.0. The molecule has 138 valence electrons. The SMILES string of the molecule is CN1CCN(C(=O)Nc2cnc(-n3nccn3)c(Cl)c2)c2cncc(Br)c21. The Bertz CT molecular complexity index is 996. The van der Waals surface area contributed by atoms with Crippen molar-refractivity contribution in [1.29, 1.82) is 0 Å². The summed E-state index contributed by atoms with van der Waals surface area (Å²) in [7, 11) is 1.98. The Hall–Kier alpha value is -2.72. The number of hydrogen-bond donors (Lipinski definition) is 1. The second kappa shape index (κ2) is 7.12. The van der Waals surface area contributed by atoms with Crippen LogP contribution in [-0.4, -0.2) is 51.1 Å². The Morgan fingerprint density at radius 2 is 2.00 bits per heavy atom. The third-order valence-electron chi connectivity index (χ3n) is 4.11. The lowest BCUT2D eigenvalue weighted by Gasteiger charge is -2.35. The number of nitrogens with one attached hydrogen (secondary N) is 1. The number of carbonyl (C=O) groups is 1. The summed E-state index contributed by atoms with van der Waals surface area (Å²) in [5, 5.41) is 11.2. The van der Waals surface area contributed by atoms with Crippen LogP contribution in [0, 0.1) is 0 Å². The number of pyridine rings is 2. The van der Waals surface area contributed by atoms with Crippen LogP contribution in [0.1, 0.15) is 0 Å². The molecule has 0 aromatic carbocycles. The van der Waals surface area contributed by atoms with Gasteiger partial charge < -0.3 is 10.2 Å². The molecular weight excluding hydrogens is 436 g/mol. The monoisotopic (exact) mass is 448 g/mol. The van der Waals surface area contributed by atoms with E-state index in [2.05, 4.69) is 46.3 Å². The minimum Gasteiger partial charge on any atom is -0.370 e. The summed E-state index contributed by atoms with van der Waals surface area (Å²) in [4.78, 5) is 26.3. The Morgan fingerprint density at radius 3 is 2.74 bits per heavy atom. The van der Waals surface area contributed by atoms with E-state index in [1.165, 1.54) is 23.4 Å². The highest BCUT2D eigenvalue weighted by atomic mass is 79.9.